The molecule has 7 nitrogen and oxygen atoms in total. The smallest absolute Gasteiger partial charge is 0.269 e. The zero-order valence-electron chi connectivity index (χ0n) is 12.2. The lowest BCUT2D eigenvalue weighted by Crippen LogP contribution is -2.41. The van der Waals surface area contributed by atoms with Crippen LogP contribution in [0, 0.1) is 16.0 Å². The zero-order valence-corrected chi connectivity index (χ0v) is 13.0. The Bertz CT molecular complexity index is 721. The van der Waals surface area contributed by atoms with Gasteiger partial charge in [0.2, 0.25) is 0 Å². The Hall–Kier alpha value is -2.48. The Morgan fingerprint density at radius 2 is 1.91 bits per heavy atom. The maximum Gasteiger partial charge on any atom is 0.269 e. The van der Waals surface area contributed by atoms with Crippen molar-refractivity contribution in [3.05, 3.63) is 39.8 Å². The molecule has 2 heterocycles. The van der Waals surface area contributed by atoms with E-state index in [0.29, 0.717) is 25.9 Å². The summed E-state index contributed by atoms with van der Waals surface area (Å²) in [5.41, 5.74) is 1.64. The number of anilines is 1. The number of nitro benzene ring substituents is 1. The third-order valence-corrected chi connectivity index (χ3v) is 4.87. The molecule has 0 radical (unpaired) electrons. The molecule has 0 bridgehead atoms. The summed E-state index contributed by atoms with van der Waals surface area (Å²) < 4.78 is 0. The van der Waals surface area contributed by atoms with E-state index in [4.69, 9.17) is 0 Å². The fraction of sp³-hybridized carbons (Fsp3) is 0.333. The van der Waals surface area contributed by atoms with Gasteiger partial charge in [-0.15, -0.1) is 11.3 Å². The van der Waals surface area contributed by atoms with Gasteiger partial charge in [-0.05, 0) is 25.0 Å². The van der Waals surface area contributed by atoms with E-state index in [0.717, 1.165) is 16.4 Å². The number of aliphatic carboxylic acids is 1. The minimum atomic E-state index is -0.977. The number of carboxylic acids is 1. The highest BCUT2D eigenvalue weighted by molar-refractivity contribution is 7.14. The van der Waals surface area contributed by atoms with Crippen molar-refractivity contribution in [3.8, 4) is 11.3 Å². The van der Waals surface area contributed by atoms with Gasteiger partial charge in [-0.1, -0.05) is 0 Å². The summed E-state index contributed by atoms with van der Waals surface area (Å²) in [5.74, 6) is -1.35. The second-order valence-electron chi connectivity index (χ2n) is 5.40. The van der Waals surface area contributed by atoms with Crippen LogP contribution >= 0.6 is 11.3 Å². The van der Waals surface area contributed by atoms with Gasteiger partial charge in [-0.3, -0.25) is 10.1 Å². The first-order chi connectivity index (χ1) is 11.0. The number of hydrogen-bond acceptors (Lipinski definition) is 7. The second kappa shape index (κ2) is 6.33. The van der Waals surface area contributed by atoms with Crippen molar-refractivity contribution >= 4 is 28.1 Å². The van der Waals surface area contributed by atoms with Crippen LogP contribution in [0.15, 0.2) is 29.6 Å². The highest BCUT2D eigenvalue weighted by Gasteiger charge is 2.22. The molecular formula is C15H14N3O4S-. The Kier molecular flexibility index (Phi) is 4.24. The number of carboxylic acid groups (broad SMARTS) is 1. The van der Waals surface area contributed by atoms with Gasteiger partial charge >= 0.3 is 0 Å². The predicted molar refractivity (Wildman–Crippen MR) is 84.1 cm³/mol. The first kappa shape index (κ1) is 15.4. The van der Waals surface area contributed by atoms with E-state index in [2.05, 4.69) is 9.88 Å². The van der Waals surface area contributed by atoms with Crippen LogP contribution in [0.1, 0.15) is 12.8 Å². The summed E-state index contributed by atoms with van der Waals surface area (Å²) in [7, 11) is 0. The lowest BCUT2D eigenvalue weighted by atomic mass is 9.97. The van der Waals surface area contributed by atoms with Crippen LogP contribution in [-0.2, 0) is 4.79 Å². The number of non-ortho nitro benzene ring substituents is 1. The van der Waals surface area contributed by atoms with Crippen molar-refractivity contribution in [2.24, 2.45) is 5.92 Å². The van der Waals surface area contributed by atoms with Crippen LogP contribution in [0.25, 0.3) is 11.3 Å². The molecule has 1 aromatic heterocycles. The molecule has 23 heavy (non-hydrogen) atoms. The highest BCUT2D eigenvalue weighted by Crippen LogP contribution is 2.30. The first-order valence-corrected chi connectivity index (χ1v) is 8.08. The molecule has 1 aromatic carbocycles. The minimum Gasteiger partial charge on any atom is -0.550 e. The number of hydrogen-bond donors (Lipinski definition) is 0. The van der Waals surface area contributed by atoms with Crippen LogP contribution in [0.2, 0.25) is 0 Å². The fourth-order valence-corrected chi connectivity index (χ4v) is 3.49. The predicted octanol–water partition coefficient (Wildman–Crippen LogP) is 1.68. The van der Waals surface area contributed by atoms with Crippen molar-refractivity contribution in [1.29, 1.82) is 0 Å². The van der Waals surface area contributed by atoms with E-state index in [1.165, 1.54) is 23.5 Å². The van der Waals surface area contributed by atoms with Gasteiger partial charge in [-0.2, -0.15) is 0 Å². The number of benzene rings is 1. The van der Waals surface area contributed by atoms with E-state index < -0.39 is 10.9 Å². The molecule has 0 spiro atoms. The first-order valence-electron chi connectivity index (χ1n) is 7.21. The van der Waals surface area contributed by atoms with E-state index >= 15 is 0 Å². The SMILES string of the molecule is O=C([O-])C1CCN(c2nc(-c3ccc([N+](=O)[O-])cc3)cs2)CC1. The van der Waals surface area contributed by atoms with Gasteiger partial charge in [0.15, 0.2) is 5.13 Å². The number of aromatic nitrogens is 1. The molecule has 2 aromatic rings. The molecule has 1 fully saturated rings. The van der Waals surface area contributed by atoms with E-state index in [1.807, 2.05) is 5.38 Å². The Morgan fingerprint density at radius 3 is 2.48 bits per heavy atom. The topological polar surface area (TPSA) is 99.4 Å². The molecule has 1 aliphatic heterocycles. The Balaban J connectivity index is 1.71. The quantitative estimate of drug-likeness (QED) is 0.624. The maximum atomic E-state index is 10.9. The molecule has 0 saturated carbocycles. The van der Waals surface area contributed by atoms with Crippen molar-refractivity contribution < 1.29 is 14.8 Å². The van der Waals surface area contributed by atoms with Gasteiger partial charge in [0, 0.05) is 48.1 Å². The fourth-order valence-electron chi connectivity index (χ4n) is 2.60. The summed E-state index contributed by atoms with van der Waals surface area (Å²) in [6, 6.07) is 6.28. The molecule has 1 aliphatic rings. The summed E-state index contributed by atoms with van der Waals surface area (Å²) in [5, 5.41) is 24.3. The van der Waals surface area contributed by atoms with Crippen LogP contribution in [0.3, 0.4) is 0 Å². The molecule has 0 aliphatic carbocycles. The molecule has 0 N–H and O–H groups in total. The number of nitro groups is 1. The van der Waals surface area contributed by atoms with Crippen LogP contribution in [0.5, 0.6) is 0 Å². The van der Waals surface area contributed by atoms with Gasteiger partial charge in [0.05, 0.1) is 10.6 Å². The average Bonchev–Trinajstić information content (AvgIpc) is 3.05. The minimum absolute atomic E-state index is 0.0496. The van der Waals surface area contributed by atoms with Crippen molar-refractivity contribution in [3.63, 3.8) is 0 Å². The van der Waals surface area contributed by atoms with E-state index in [-0.39, 0.29) is 11.6 Å². The number of nitrogens with zero attached hydrogens (tertiary/aromatic N) is 3. The van der Waals surface area contributed by atoms with Gasteiger partial charge in [0.25, 0.3) is 5.69 Å². The summed E-state index contributed by atoms with van der Waals surface area (Å²) in [6.07, 6.45) is 1.13. The molecule has 0 amide bonds. The molecule has 0 unspecified atom stereocenters. The molecule has 120 valence electrons. The van der Waals surface area contributed by atoms with Crippen LogP contribution in [0.4, 0.5) is 10.8 Å². The van der Waals surface area contributed by atoms with Crippen LogP contribution < -0.4 is 10.0 Å². The van der Waals surface area contributed by atoms with Crippen LogP contribution in [-0.4, -0.2) is 29.0 Å². The lowest BCUT2D eigenvalue weighted by Gasteiger charge is -2.32. The number of piperidine rings is 1. The standard InChI is InChI=1S/C15H15N3O4S/c19-14(20)11-5-7-17(8-6-11)15-16-13(9-23-15)10-1-3-12(4-2-10)18(21)22/h1-4,9,11H,5-8H2,(H,19,20)/p-1. The van der Waals surface area contributed by atoms with E-state index in [9.17, 15) is 20.0 Å². The number of rotatable bonds is 4. The number of carbonyl (C=O) groups is 1. The third-order valence-electron chi connectivity index (χ3n) is 3.96. The second-order valence-corrected chi connectivity index (χ2v) is 6.24. The van der Waals surface area contributed by atoms with E-state index in [1.54, 1.807) is 12.1 Å². The molecule has 0 atom stereocenters. The van der Waals surface area contributed by atoms with Crippen molar-refractivity contribution in [2.75, 3.05) is 18.0 Å². The average molecular weight is 332 g/mol. The normalized spacial score (nSPS) is 15.6. The molecule has 1 saturated heterocycles. The molecule has 8 heteroatoms. The maximum absolute atomic E-state index is 10.9. The zero-order chi connectivity index (χ0) is 16.4. The van der Waals surface area contributed by atoms with Gasteiger partial charge in [0.1, 0.15) is 0 Å². The monoisotopic (exact) mass is 332 g/mol. The largest absolute Gasteiger partial charge is 0.550 e. The molecule has 3 rings (SSSR count). The lowest BCUT2D eigenvalue weighted by molar-refractivity contribution is -0.384. The van der Waals surface area contributed by atoms with Gasteiger partial charge < -0.3 is 14.8 Å². The van der Waals surface area contributed by atoms with Crippen molar-refractivity contribution in [1.82, 2.24) is 4.98 Å². The number of thiazole rings is 1. The summed E-state index contributed by atoms with van der Waals surface area (Å²) in [4.78, 5) is 27.7. The summed E-state index contributed by atoms with van der Waals surface area (Å²) in [6.45, 7) is 1.29. The third kappa shape index (κ3) is 3.31. The Labute approximate surface area is 136 Å². The highest BCUT2D eigenvalue weighted by atomic mass is 32.1. The molecular weight excluding hydrogens is 318 g/mol. The summed E-state index contributed by atoms with van der Waals surface area (Å²) >= 11 is 1.49. The Morgan fingerprint density at radius 1 is 1.26 bits per heavy atom. The number of carbonyl (C=O) groups excluding carboxylic acids is 1. The van der Waals surface area contributed by atoms with Gasteiger partial charge in [-0.25, -0.2) is 4.98 Å². The van der Waals surface area contributed by atoms with Crippen molar-refractivity contribution in [2.45, 2.75) is 12.8 Å².